The average Bonchev–Trinajstić information content (AvgIpc) is 2.01. The predicted molar refractivity (Wildman–Crippen MR) is 47.3 cm³/mol. The third-order valence-electron chi connectivity index (χ3n) is 1.78. The summed E-state index contributed by atoms with van der Waals surface area (Å²) >= 11 is 0. The van der Waals surface area contributed by atoms with E-state index in [1.165, 1.54) is 0 Å². The maximum absolute atomic E-state index is 13.1. The van der Waals surface area contributed by atoms with Gasteiger partial charge in [0.05, 0.1) is 5.56 Å². The van der Waals surface area contributed by atoms with Crippen molar-refractivity contribution >= 4 is 5.78 Å². The highest BCUT2D eigenvalue weighted by Crippen LogP contribution is 2.21. The Balaban J connectivity index is 3.14. The number of phenols is 1. The van der Waals surface area contributed by atoms with E-state index in [2.05, 4.69) is 0 Å². The fourth-order valence-electron chi connectivity index (χ4n) is 1.18. The van der Waals surface area contributed by atoms with Crippen LogP contribution in [0.4, 0.5) is 8.78 Å². The average molecular weight is 200 g/mol. The van der Waals surface area contributed by atoms with Crippen LogP contribution >= 0.6 is 0 Å². The molecule has 0 aliphatic carbocycles. The molecular weight excluding hydrogens is 190 g/mol. The van der Waals surface area contributed by atoms with Crippen molar-refractivity contribution in [1.29, 1.82) is 0 Å². The third-order valence-corrected chi connectivity index (χ3v) is 1.78. The van der Waals surface area contributed by atoms with Crippen molar-refractivity contribution in [2.24, 2.45) is 0 Å². The van der Waals surface area contributed by atoms with Gasteiger partial charge in [0.15, 0.2) is 5.78 Å². The van der Waals surface area contributed by atoms with Gasteiger partial charge in [-0.05, 0) is 6.42 Å². The summed E-state index contributed by atoms with van der Waals surface area (Å²) in [6.45, 7) is 1.74. The van der Waals surface area contributed by atoms with Crippen molar-refractivity contribution in [1.82, 2.24) is 0 Å². The van der Waals surface area contributed by atoms with Crippen molar-refractivity contribution in [3.63, 3.8) is 0 Å². The van der Waals surface area contributed by atoms with Crippen LogP contribution in [0.3, 0.4) is 0 Å². The number of halogens is 2. The molecule has 4 heteroatoms. The number of ketones is 1. The molecular formula is C10H10F2O2. The summed E-state index contributed by atoms with van der Waals surface area (Å²) in [6.07, 6.45) is 0.622. The Hall–Kier alpha value is -1.45. The van der Waals surface area contributed by atoms with Gasteiger partial charge in [0.2, 0.25) is 0 Å². The standard InChI is InChI=1S/C10H10F2O2/c1-2-3-9(14)10-7(11)4-6(13)5-8(10)12/h4-5,13H,2-3H2,1H3. The zero-order chi connectivity index (χ0) is 10.7. The molecule has 0 aliphatic rings. The van der Waals surface area contributed by atoms with Gasteiger partial charge in [0.1, 0.15) is 17.4 Å². The van der Waals surface area contributed by atoms with Crippen LogP contribution in [0.1, 0.15) is 30.1 Å². The third kappa shape index (κ3) is 2.07. The highest BCUT2D eigenvalue weighted by atomic mass is 19.1. The highest BCUT2D eigenvalue weighted by Gasteiger charge is 2.17. The maximum Gasteiger partial charge on any atom is 0.168 e. The van der Waals surface area contributed by atoms with Crippen LogP contribution in [0.2, 0.25) is 0 Å². The lowest BCUT2D eigenvalue weighted by Gasteiger charge is -2.03. The quantitative estimate of drug-likeness (QED) is 0.761. The van der Waals surface area contributed by atoms with Gasteiger partial charge < -0.3 is 5.11 Å². The summed E-state index contributed by atoms with van der Waals surface area (Å²) in [4.78, 5) is 11.2. The van der Waals surface area contributed by atoms with E-state index in [9.17, 15) is 13.6 Å². The van der Waals surface area contributed by atoms with Crippen LogP contribution in [0.5, 0.6) is 5.75 Å². The molecule has 0 amide bonds. The Morgan fingerprint density at radius 3 is 2.29 bits per heavy atom. The van der Waals surface area contributed by atoms with Crippen molar-refractivity contribution in [3.05, 3.63) is 29.3 Å². The van der Waals surface area contributed by atoms with E-state index in [0.29, 0.717) is 6.42 Å². The molecule has 76 valence electrons. The number of hydrogen-bond donors (Lipinski definition) is 1. The first-order valence-corrected chi connectivity index (χ1v) is 4.27. The zero-order valence-electron chi connectivity index (χ0n) is 7.68. The molecule has 0 aliphatic heterocycles. The number of Topliss-reactive ketones (excluding diaryl/α,β-unsaturated/α-hetero) is 1. The van der Waals surface area contributed by atoms with Crippen LogP contribution in [-0.2, 0) is 0 Å². The smallest absolute Gasteiger partial charge is 0.168 e. The number of rotatable bonds is 3. The molecule has 0 saturated carbocycles. The van der Waals surface area contributed by atoms with Crippen LogP contribution in [0.15, 0.2) is 12.1 Å². The van der Waals surface area contributed by atoms with E-state index in [0.717, 1.165) is 12.1 Å². The molecule has 2 nitrogen and oxygen atoms in total. The summed E-state index contributed by atoms with van der Waals surface area (Å²) in [6, 6.07) is 1.46. The van der Waals surface area contributed by atoms with Crippen molar-refractivity contribution in [3.8, 4) is 5.75 Å². The summed E-state index contributed by atoms with van der Waals surface area (Å²) in [7, 11) is 0. The van der Waals surface area contributed by atoms with E-state index in [4.69, 9.17) is 5.11 Å². The van der Waals surface area contributed by atoms with Gasteiger partial charge in [-0.25, -0.2) is 8.78 Å². The van der Waals surface area contributed by atoms with E-state index < -0.39 is 28.7 Å². The van der Waals surface area contributed by atoms with Crippen LogP contribution in [0.25, 0.3) is 0 Å². The molecule has 0 saturated heterocycles. The number of benzene rings is 1. The monoisotopic (exact) mass is 200 g/mol. The lowest BCUT2D eigenvalue weighted by atomic mass is 10.1. The van der Waals surface area contributed by atoms with Gasteiger partial charge in [-0.2, -0.15) is 0 Å². The second kappa shape index (κ2) is 4.17. The minimum Gasteiger partial charge on any atom is -0.508 e. The first kappa shape index (κ1) is 10.6. The number of phenolic OH excluding ortho intramolecular Hbond substituents is 1. The molecule has 0 heterocycles. The molecule has 1 aromatic carbocycles. The predicted octanol–water partition coefficient (Wildman–Crippen LogP) is 2.65. The largest absolute Gasteiger partial charge is 0.508 e. The Kier molecular flexibility index (Phi) is 3.17. The lowest BCUT2D eigenvalue weighted by Crippen LogP contribution is -2.05. The summed E-state index contributed by atoms with van der Waals surface area (Å²) in [5.74, 6) is -3.13. The number of aromatic hydroxyl groups is 1. The molecule has 0 atom stereocenters. The number of carbonyl (C=O) groups excluding carboxylic acids is 1. The molecule has 1 rings (SSSR count). The van der Waals surface area contributed by atoms with E-state index in [-0.39, 0.29) is 6.42 Å². The van der Waals surface area contributed by atoms with Gasteiger partial charge in [-0.15, -0.1) is 0 Å². The Morgan fingerprint density at radius 2 is 1.86 bits per heavy atom. The van der Waals surface area contributed by atoms with Gasteiger partial charge >= 0.3 is 0 Å². The molecule has 0 radical (unpaired) electrons. The van der Waals surface area contributed by atoms with E-state index in [1.54, 1.807) is 6.92 Å². The molecule has 14 heavy (non-hydrogen) atoms. The normalized spacial score (nSPS) is 10.2. The minimum atomic E-state index is -1.01. The Labute approximate surface area is 80.2 Å². The second-order valence-electron chi connectivity index (χ2n) is 2.96. The molecule has 0 aromatic heterocycles. The summed E-state index contributed by atoms with van der Waals surface area (Å²) in [5.41, 5.74) is -0.565. The molecule has 0 unspecified atom stereocenters. The first-order chi connectivity index (χ1) is 6.56. The van der Waals surface area contributed by atoms with E-state index >= 15 is 0 Å². The molecule has 1 N–H and O–H groups in total. The van der Waals surface area contributed by atoms with Gasteiger partial charge in [0, 0.05) is 18.6 Å². The summed E-state index contributed by atoms with van der Waals surface area (Å²) in [5, 5.41) is 8.84. The van der Waals surface area contributed by atoms with Crippen LogP contribution in [-0.4, -0.2) is 10.9 Å². The zero-order valence-corrected chi connectivity index (χ0v) is 7.68. The minimum absolute atomic E-state index is 0.0958. The Morgan fingerprint density at radius 1 is 1.36 bits per heavy atom. The van der Waals surface area contributed by atoms with Gasteiger partial charge in [-0.1, -0.05) is 6.92 Å². The Bertz CT molecular complexity index is 338. The fourth-order valence-corrected chi connectivity index (χ4v) is 1.18. The van der Waals surface area contributed by atoms with Crippen LogP contribution in [0, 0.1) is 11.6 Å². The lowest BCUT2D eigenvalue weighted by molar-refractivity contribution is 0.0973. The first-order valence-electron chi connectivity index (χ1n) is 4.27. The number of carbonyl (C=O) groups is 1. The molecule has 0 bridgehead atoms. The molecule has 0 spiro atoms. The topological polar surface area (TPSA) is 37.3 Å². The molecule has 1 aromatic rings. The van der Waals surface area contributed by atoms with Crippen molar-refractivity contribution < 1.29 is 18.7 Å². The van der Waals surface area contributed by atoms with Crippen LogP contribution < -0.4 is 0 Å². The highest BCUT2D eigenvalue weighted by molar-refractivity contribution is 5.96. The maximum atomic E-state index is 13.1. The fraction of sp³-hybridized carbons (Fsp3) is 0.300. The van der Waals surface area contributed by atoms with Gasteiger partial charge in [-0.3, -0.25) is 4.79 Å². The SMILES string of the molecule is CCCC(=O)c1c(F)cc(O)cc1F. The van der Waals surface area contributed by atoms with Crippen molar-refractivity contribution in [2.45, 2.75) is 19.8 Å². The van der Waals surface area contributed by atoms with Crippen molar-refractivity contribution in [2.75, 3.05) is 0 Å². The number of hydrogen-bond acceptors (Lipinski definition) is 2. The molecule has 0 fully saturated rings. The second-order valence-corrected chi connectivity index (χ2v) is 2.96. The summed E-state index contributed by atoms with van der Waals surface area (Å²) < 4.78 is 26.1. The van der Waals surface area contributed by atoms with E-state index in [1.807, 2.05) is 0 Å². The van der Waals surface area contributed by atoms with Gasteiger partial charge in [0.25, 0.3) is 0 Å².